The van der Waals surface area contributed by atoms with E-state index >= 15 is 0 Å². The second kappa shape index (κ2) is 8.97. The van der Waals surface area contributed by atoms with Gasteiger partial charge in [-0.15, -0.1) is 0 Å². The van der Waals surface area contributed by atoms with E-state index in [9.17, 15) is 14.4 Å². The first-order chi connectivity index (χ1) is 14.0. The number of hydrogen-bond acceptors (Lipinski definition) is 4. The molecule has 0 heterocycles. The summed E-state index contributed by atoms with van der Waals surface area (Å²) in [7, 11) is 1.61. The number of esters is 1. The lowest BCUT2D eigenvalue weighted by Gasteiger charge is -2.17. The Kier molecular flexibility index (Phi) is 6.19. The zero-order valence-corrected chi connectivity index (χ0v) is 16.3. The Morgan fingerprint density at radius 1 is 0.793 bits per heavy atom. The fourth-order valence-electron chi connectivity index (χ4n) is 2.82. The highest BCUT2D eigenvalue weighted by Crippen LogP contribution is 2.17. The highest BCUT2D eigenvalue weighted by atomic mass is 16.5. The molecule has 0 aliphatic heterocycles. The van der Waals surface area contributed by atoms with E-state index in [1.807, 2.05) is 37.3 Å². The predicted octanol–water partition coefficient (Wildman–Crippen LogP) is 4.05. The Bertz CT molecular complexity index is 1030. The van der Waals surface area contributed by atoms with Gasteiger partial charge in [0.25, 0.3) is 5.91 Å². The largest absolute Gasteiger partial charge is 0.452 e. The van der Waals surface area contributed by atoms with Crippen LogP contribution in [0.15, 0.2) is 78.9 Å². The number of benzene rings is 3. The van der Waals surface area contributed by atoms with Crippen LogP contribution in [0.1, 0.15) is 31.8 Å². The number of carbonyl (C=O) groups excluding carboxylic acids is 3. The third-order valence-electron chi connectivity index (χ3n) is 4.55. The fraction of sp³-hybridized carbons (Fsp3) is 0.125. The Morgan fingerprint density at radius 3 is 2.03 bits per heavy atom. The minimum atomic E-state index is -0.712. The molecule has 0 spiro atoms. The van der Waals surface area contributed by atoms with Crippen molar-refractivity contribution in [1.82, 2.24) is 0 Å². The average molecular weight is 387 g/mol. The third-order valence-corrected chi connectivity index (χ3v) is 4.55. The van der Waals surface area contributed by atoms with Crippen molar-refractivity contribution in [1.29, 1.82) is 0 Å². The Morgan fingerprint density at radius 2 is 1.38 bits per heavy atom. The van der Waals surface area contributed by atoms with Crippen molar-refractivity contribution < 1.29 is 19.1 Å². The zero-order chi connectivity index (χ0) is 20.8. The lowest BCUT2D eigenvalue weighted by Crippen LogP contribution is -2.31. The van der Waals surface area contributed by atoms with Crippen LogP contribution in [0.4, 0.5) is 5.69 Å². The van der Waals surface area contributed by atoms with E-state index in [0.717, 1.165) is 5.56 Å². The Balaban J connectivity index is 1.72. The lowest BCUT2D eigenvalue weighted by atomic mass is 9.98. The summed E-state index contributed by atoms with van der Waals surface area (Å²) < 4.78 is 5.20. The van der Waals surface area contributed by atoms with Crippen LogP contribution in [0, 0.1) is 6.92 Å². The van der Waals surface area contributed by atoms with Crippen molar-refractivity contribution in [3.63, 3.8) is 0 Å². The summed E-state index contributed by atoms with van der Waals surface area (Å²) in [6, 6.07) is 22.6. The number of likely N-dealkylation sites (N-methyl/N-ethyl adjacent to an activating group) is 1. The maximum atomic E-state index is 12.8. The van der Waals surface area contributed by atoms with Crippen LogP contribution in [0.2, 0.25) is 0 Å². The lowest BCUT2D eigenvalue weighted by molar-refractivity contribution is -0.121. The summed E-state index contributed by atoms with van der Waals surface area (Å²) >= 11 is 0. The van der Waals surface area contributed by atoms with Crippen LogP contribution in [0.5, 0.6) is 0 Å². The summed E-state index contributed by atoms with van der Waals surface area (Å²) in [4.78, 5) is 39.2. The third kappa shape index (κ3) is 4.76. The molecule has 0 aromatic heterocycles. The second-order valence-electron chi connectivity index (χ2n) is 6.61. The number of hydrogen-bond donors (Lipinski definition) is 0. The Labute approximate surface area is 169 Å². The second-order valence-corrected chi connectivity index (χ2v) is 6.61. The van der Waals surface area contributed by atoms with Crippen molar-refractivity contribution in [3.8, 4) is 0 Å². The van der Waals surface area contributed by atoms with Crippen LogP contribution in [-0.2, 0) is 9.53 Å². The number of para-hydroxylation sites is 1. The van der Waals surface area contributed by atoms with Gasteiger partial charge in [0.15, 0.2) is 12.4 Å². The van der Waals surface area contributed by atoms with Crippen molar-refractivity contribution in [2.24, 2.45) is 0 Å². The molecule has 3 aromatic rings. The minimum absolute atomic E-state index is 0.133. The maximum absolute atomic E-state index is 12.8. The SMILES string of the molecule is Cc1ccc(C(=O)c2ccccc2C(=O)OCC(=O)N(C)c2ccccc2)cc1. The molecule has 5 heteroatoms. The van der Waals surface area contributed by atoms with Crippen LogP contribution in [0.3, 0.4) is 0 Å². The number of nitrogens with zero attached hydrogens (tertiary/aromatic N) is 1. The van der Waals surface area contributed by atoms with Crippen molar-refractivity contribution in [2.45, 2.75) is 6.92 Å². The highest BCUT2D eigenvalue weighted by Gasteiger charge is 2.20. The van der Waals surface area contributed by atoms with Gasteiger partial charge >= 0.3 is 5.97 Å². The molecular weight excluding hydrogens is 366 g/mol. The number of ether oxygens (including phenoxy) is 1. The van der Waals surface area contributed by atoms with E-state index in [2.05, 4.69) is 0 Å². The van der Waals surface area contributed by atoms with E-state index in [1.165, 1.54) is 11.0 Å². The van der Waals surface area contributed by atoms with E-state index < -0.39 is 12.6 Å². The summed E-state index contributed by atoms with van der Waals surface area (Å²) in [5.41, 5.74) is 2.59. The van der Waals surface area contributed by atoms with Gasteiger partial charge in [-0.05, 0) is 25.1 Å². The molecule has 146 valence electrons. The van der Waals surface area contributed by atoms with Gasteiger partial charge in [0, 0.05) is 23.9 Å². The molecule has 3 aromatic carbocycles. The number of ketones is 1. The van der Waals surface area contributed by atoms with Crippen molar-refractivity contribution in [3.05, 3.63) is 101 Å². The molecule has 0 unspecified atom stereocenters. The molecular formula is C24H21NO4. The molecule has 1 amide bonds. The molecule has 0 saturated carbocycles. The van der Waals surface area contributed by atoms with Crippen LogP contribution < -0.4 is 4.90 Å². The van der Waals surface area contributed by atoms with E-state index in [1.54, 1.807) is 49.5 Å². The predicted molar refractivity (Wildman–Crippen MR) is 111 cm³/mol. The number of anilines is 1. The normalized spacial score (nSPS) is 10.3. The minimum Gasteiger partial charge on any atom is -0.452 e. The molecule has 3 rings (SSSR count). The first-order valence-electron chi connectivity index (χ1n) is 9.16. The molecule has 5 nitrogen and oxygen atoms in total. The summed E-state index contributed by atoms with van der Waals surface area (Å²) in [6.07, 6.45) is 0. The number of aryl methyl sites for hydroxylation is 1. The van der Waals surface area contributed by atoms with Gasteiger partial charge in [-0.2, -0.15) is 0 Å². The smallest absolute Gasteiger partial charge is 0.339 e. The molecule has 0 bridgehead atoms. The molecule has 0 aliphatic rings. The van der Waals surface area contributed by atoms with Crippen LogP contribution >= 0.6 is 0 Å². The molecule has 0 atom stereocenters. The van der Waals surface area contributed by atoms with Gasteiger partial charge in [0.05, 0.1) is 5.56 Å². The van der Waals surface area contributed by atoms with Crippen LogP contribution in [0.25, 0.3) is 0 Å². The van der Waals surface area contributed by atoms with Gasteiger partial charge < -0.3 is 9.64 Å². The molecule has 0 saturated heterocycles. The van der Waals surface area contributed by atoms with Gasteiger partial charge in [-0.1, -0.05) is 66.2 Å². The first-order valence-corrected chi connectivity index (χ1v) is 9.16. The molecule has 0 aliphatic carbocycles. The fourth-order valence-corrected chi connectivity index (χ4v) is 2.82. The quantitative estimate of drug-likeness (QED) is 0.473. The number of amides is 1. The van der Waals surface area contributed by atoms with Gasteiger partial charge in [0.1, 0.15) is 0 Å². The maximum Gasteiger partial charge on any atom is 0.339 e. The summed E-state index contributed by atoms with van der Waals surface area (Å²) in [5.74, 6) is -1.35. The highest BCUT2D eigenvalue weighted by molar-refractivity contribution is 6.14. The van der Waals surface area contributed by atoms with E-state index in [0.29, 0.717) is 11.3 Å². The topological polar surface area (TPSA) is 63.7 Å². The van der Waals surface area contributed by atoms with E-state index in [-0.39, 0.29) is 22.8 Å². The monoisotopic (exact) mass is 387 g/mol. The number of carbonyl (C=O) groups is 3. The zero-order valence-electron chi connectivity index (χ0n) is 16.3. The van der Waals surface area contributed by atoms with Gasteiger partial charge in [0.2, 0.25) is 0 Å². The average Bonchev–Trinajstić information content (AvgIpc) is 2.77. The standard InChI is InChI=1S/C24H21NO4/c1-17-12-14-18(15-13-17)23(27)20-10-6-7-11-21(20)24(28)29-16-22(26)25(2)19-8-4-3-5-9-19/h3-15H,16H2,1-2H3. The van der Waals surface area contributed by atoms with Crippen LogP contribution in [-0.4, -0.2) is 31.3 Å². The molecule has 0 N–H and O–H groups in total. The summed E-state index contributed by atoms with van der Waals surface area (Å²) in [6.45, 7) is 1.51. The molecule has 0 fully saturated rings. The van der Waals surface area contributed by atoms with Gasteiger partial charge in [-0.3, -0.25) is 9.59 Å². The van der Waals surface area contributed by atoms with Crippen molar-refractivity contribution >= 4 is 23.3 Å². The summed E-state index contributed by atoms with van der Waals surface area (Å²) in [5, 5.41) is 0. The Hall–Kier alpha value is -3.73. The van der Waals surface area contributed by atoms with E-state index in [4.69, 9.17) is 4.74 Å². The first kappa shape index (κ1) is 20.0. The van der Waals surface area contributed by atoms with Gasteiger partial charge in [-0.25, -0.2) is 4.79 Å². The molecule has 29 heavy (non-hydrogen) atoms. The molecule has 0 radical (unpaired) electrons. The van der Waals surface area contributed by atoms with Crippen molar-refractivity contribution in [2.75, 3.05) is 18.6 Å². The number of rotatable bonds is 6.